The van der Waals surface area contributed by atoms with Crippen molar-refractivity contribution in [3.63, 3.8) is 0 Å². The summed E-state index contributed by atoms with van der Waals surface area (Å²) in [7, 11) is 0. The van der Waals surface area contributed by atoms with Gasteiger partial charge in [-0.2, -0.15) is 0 Å². The highest BCUT2D eigenvalue weighted by atomic mass is 79.9. The molecule has 0 aromatic carbocycles. The van der Waals surface area contributed by atoms with E-state index in [1.807, 2.05) is 0 Å². The third-order valence-electron chi connectivity index (χ3n) is 2.58. The van der Waals surface area contributed by atoms with Crippen LogP contribution in [0.2, 0.25) is 0 Å². The van der Waals surface area contributed by atoms with Gasteiger partial charge in [0, 0.05) is 24.1 Å². The number of fused-ring (bicyclic) bond motifs is 1. The molecular formula is C8H12BrN. The second kappa shape index (κ2) is 2.26. The maximum absolute atomic E-state index is 3.99. The van der Waals surface area contributed by atoms with Gasteiger partial charge in [-0.15, -0.1) is 0 Å². The first-order valence-corrected chi connectivity index (χ1v) is 4.92. The summed E-state index contributed by atoms with van der Waals surface area (Å²) in [5, 5.41) is 0.937. The molecular weight excluding hydrogens is 190 g/mol. The summed E-state index contributed by atoms with van der Waals surface area (Å²) in [5.41, 5.74) is 1.26. The Kier molecular flexibility index (Phi) is 1.52. The first kappa shape index (κ1) is 6.71. The first-order valence-electron chi connectivity index (χ1n) is 3.80. The monoisotopic (exact) mass is 201 g/mol. The third kappa shape index (κ3) is 0.986. The number of alkyl halides is 1. The molecule has 0 radical (unpaired) electrons. The van der Waals surface area contributed by atoms with E-state index in [1.54, 1.807) is 0 Å². The molecule has 0 bridgehead atoms. The molecule has 2 unspecified atom stereocenters. The molecule has 1 saturated carbocycles. The lowest BCUT2D eigenvalue weighted by Gasteiger charge is -2.20. The predicted octanol–water partition coefficient (Wildman–Crippen LogP) is 1.85. The molecule has 1 aliphatic heterocycles. The van der Waals surface area contributed by atoms with Gasteiger partial charge in [-0.3, -0.25) is 0 Å². The van der Waals surface area contributed by atoms with Crippen LogP contribution in [0.4, 0.5) is 0 Å². The van der Waals surface area contributed by atoms with Crippen LogP contribution in [0.5, 0.6) is 0 Å². The SMILES string of the molecule is C=C(CBr)N1CC2CC2C1. The van der Waals surface area contributed by atoms with Crippen LogP contribution in [0.25, 0.3) is 0 Å². The molecule has 1 aliphatic carbocycles. The summed E-state index contributed by atoms with van der Waals surface area (Å²) in [6.07, 6.45) is 1.48. The molecule has 1 saturated heterocycles. The number of piperidine rings is 1. The topological polar surface area (TPSA) is 3.24 Å². The van der Waals surface area contributed by atoms with E-state index in [0.29, 0.717) is 0 Å². The Bertz CT molecular complexity index is 157. The maximum Gasteiger partial charge on any atom is 0.0427 e. The Balaban J connectivity index is 1.90. The van der Waals surface area contributed by atoms with Gasteiger partial charge in [0.25, 0.3) is 0 Å². The van der Waals surface area contributed by atoms with E-state index in [1.165, 1.54) is 25.2 Å². The van der Waals surface area contributed by atoms with Crippen LogP contribution in [0.15, 0.2) is 12.3 Å². The van der Waals surface area contributed by atoms with E-state index < -0.39 is 0 Å². The van der Waals surface area contributed by atoms with Gasteiger partial charge >= 0.3 is 0 Å². The van der Waals surface area contributed by atoms with Gasteiger partial charge in [-0.05, 0) is 18.3 Å². The second-order valence-corrected chi connectivity index (χ2v) is 3.92. The molecule has 2 atom stereocenters. The molecule has 2 heteroatoms. The van der Waals surface area contributed by atoms with Gasteiger partial charge in [0.15, 0.2) is 0 Å². The van der Waals surface area contributed by atoms with Gasteiger partial charge in [-0.25, -0.2) is 0 Å². The van der Waals surface area contributed by atoms with Crippen LogP contribution in [0.3, 0.4) is 0 Å². The van der Waals surface area contributed by atoms with Crippen molar-refractivity contribution < 1.29 is 0 Å². The highest BCUT2D eigenvalue weighted by Gasteiger charge is 2.44. The van der Waals surface area contributed by atoms with Crippen LogP contribution >= 0.6 is 15.9 Å². The van der Waals surface area contributed by atoms with Crippen LogP contribution in [0, 0.1) is 11.8 Å². The number of halogens is 1. The Morgan fingerprint density at radius 1 is 1.50 bits per heavy atom. The summed E-state index contributed by atoms with van der Waals surface area (Å²) >= 11 is 3.42. The van der Waals surface area contributed by atoms with Gasteiger partial charge in [0.05, 0.1) is 0 Å². The fourth-order valence-corrected chi connectivity index (χ4v) is 2.10. The molecule has 0 aromatic rings. The molecule has 1 nitrogen and oxygen atoms in total. The second-order valence-electron chi connectivity index (χ2n) is 3.36. The zero-order valence-electron chi connectivity index (χ0n) is 6.02. The lowest BCUT2D eigenvalue weighted by Crippen LogP contribution is -2.21. The Morgan fingerprint density at radius 2 is 2.10 bits per heavy atom. The quantitative estimate of drug-likeness (QED) is 0.617. The Morgan fingerprint density at radius 3 is 2.60 bits per heavy atom. The number of allylic oxidation sites excluding steroid dienone is 1. The lowest BCUT2D eigenvalue weighted by molar-refractivity contribution is 0.386. The van der Waals surface area contributed by atoms with Gasteiger partial charge in [-0.1, -0.05) is 22.5 Å². The minimum Gasteiger partial charge on any atom is -0.374 e. The summed E-state index contributed by atoms with van der Waals surface area (Å²) in [5.74, 6) is 2.05. The van der Waals surface area contributed by atoms with E-state index in [0.717, 1.165) is 17.2 Å². The number of rotatable bonds is 2. The minimum absolute atomic E-state index is 0.937. The molecule has 56 valence electrons. The van der Waals surface area contributed by atoms with E-state index in [9.17, 15) is 0 Å². The van der Waals surface area contributed by atoms with E-state index in [-0.39, 0.29) is 0 Å². The van der Waals surface area contributed by atoms with Crippen molar-refractivity contribution in [1.82, 2.24) is 4.90 Å². The third-order valence-corrected chi connectivity index (χ3v) is 3.23. The van der Waals surface area contributed by atoms with Crippen molar-refractivity contribution in [3.05, 3.63) is 12.3 Å². The summed E-state index contributed by atoms with van der Waals surface area (Å²) in [6.45, 7) is 6.54. The van der Waals surface area contributed by atoms with Crippen LogP contribution in [-0.4, -0.2) is 23.3 Å². The standard InChI is InChI=1S/C8H12BrN/c1-6(3-9)10-4-7-2-8(7)5-10/h7-8H,1-5H2. The zero-order valence-corrected chi connectivity index (χ0v) is 7.60. The lowest BCUT2D eigenvalue weighted by atomic mass is 10.4. The highest BCUT2D eigenvalue weighted by molar-refractivity contribution is 9.09. The molecule has 0 spiro atoms. The van der Waals surface area contributed by atoms with E-state index in [4.69, 9.17) is 0 Å². The highest BCUT2D eigenvalue weighted by Crippen LogP contribution is 2.45. The average molecular weight is 202 g/mol. The maximum atomic E-state index is 3.99. The normalized spacial score (nSPS) is 35.9. The Labute approximate surface area is 70.2 Å². The van der Waals surface area contributed by atoms with Crippen LogP contribution in [0.1, 0.15) is 6.42 Å². The average Bonchev–Trinajstić information content (AvgIpc) is 2.57. The zero-order chi connectivity index (χ0) is 7.14. The molecule has 0 aromatic heterocycles. The molecule has 0 amide bonds. The predicted molar refractivity (Wildman–Crippen MR) is 46.1 cm³/mol. The smallest absolute Gasteiger partial charge is 0.0427 e. The van der Waals surface area contributed by atoms with Crippen molar-refractivity contribution in [2.45, 2.75) is 6.42 Å². The molecule has 0 N–H and O–H groups in total. The van der Waals surface area contributed by atoms with Crippen molar-refractivity contribution >= 4 is 15.9 Å². The number of hydrogen-bond donors (Lipinski definition) is 0. The fraction of sp³-hybridized carbons (Fsp3) is 0.750. The largest absolute Gasteiger partial charge is 0.374 e. The number of likely N-dealkylation sites (tertiary alicyclic amines) is 1. The van der Waals surface area contributed by atoms with Crippen molar-refractivity contribution in [1.29, 1.82) is 0 Å². The van der Waals surface area contributed by atoms with E-state index >= 15 is 0 Å². The minimum atomic E-state index is 0.937. The van der Waals surface area contributed by atoms with Crippen molar-refractivity contribution in [3.8, 4) is 0 Å². The number of hydrogen-bond acceptors (Lipinski definition) is 1. The molecule has 2 rings (SSSR count). The van der Waals surface area contributed by atoms with Crippen LogP contribution in [-0.2, 0) is 0 Å². The molecule has 1 heterocycles. The van der Waals surface area contributed by atoms with Crippen LogP contribution < -0.4 is 0 Å². The Hall–Kier alpha value is 0.0200. The van der Waals surface area contributed by atoms with E-state index in [2.05, 4.69) is 27.4 Å². The molecule has 10 heavy (non-hydrogen) atoms. The summed E-state index contributed by atoms with van der Waals surface area (Å²) in [4.78, 5) is 2.41. The summed E-state index contributed by atoms with van der Waals surface area (Å²) < 4.78 is 0. The molecule has 2 aliphatic rings. The van der Waals surface area contributed by atoms with Gasteiger partial charge in [0.1, 0.15) is 0 Å². The first-order chi connectivity index (χ1) is 4.81. The van der Waals surface area contributed by atoms with Gasteiger partial charge < -0.3 is 4.90 Å². The fourth-order valence-electron chi connectivity index (χ4n) is 1.74. The van der Waals surface area contributed by atoms with Crippen molar-refractivity contribution in [2.24, 2.45) is 11.8 Å². The summed E-state index contributed by atoms with van der Waals surface area (Å²) in [6, 6.07) is 0. The van der Waals surface area contributed by atoms with Crippen molar-refractivity contribution in [2.75, 3.05) is 18.4 Å². The number of nitrogens with zero attached hydrogens (tertiary/aromatic N) is 1. The molecule has 2 fully saturated rings. The van der Waals surface area contributed by atoms with Gasteiger partial charge in [0.2, 0.25) is 0 Å².